The summed E-state index contributed by atoms with van der Waals surface area (Å²) < 4.78 is 10.7. The van der Waals surface area contributed by atoms with Crippen LogP contribution < -0.4 is 9.47 Å². The van der Waals surface area contributed by atoms with Crippen molar-refractivity contribution >= 4 is 0 Å². The molecule has 0 fully saturated rings. The summed E-state index contributed by atoms with van der Waals surface area (Å²) in [4.78, 5) is 10.5. The highest BCUT2D eigenvalue weighted by atomic mass is 16.5. The van der Waals surface area contributed by atoms with Crippen molar-refractivity contribution in [3.8, 4) is 11.5 Å². The number of aromatic amines is 3. The molecule has 5 rings (SSSR count). The normalized spacial score (nSPS) is 12.9. The number of aromatic nitrogens is 3. The molecular weight excluding hydrogens is 410 g/mol. The zero-order valence-corrected chi connectivity index (χ0v) is 18.7. The van der Waals surface area contributed by atoms with Crippen LogP contribution in [0.4, 0.5) is 0 Å². The molecular formula is C28H27N3O2. The van der Waals surface area contributed by atoms with Gasteiger partial charge in [0.25, 0.3) is 0 Å². The van der Waals surface area contributed by atoms with Crippen molar-refractivity contribution in [2.45, 2.75) is 11.8 Å². The Morgan fingerprint density at radius 1 is 0.515 bits per heavy atom. The lowest BCUT2D eigenvalue weighted by molar-refractivity contribution is 0.414. The van der Waals surface area contributed by atoms with Gasteiger partial charge in [0.15, 0.2) is 0 Å². The van der Waals surface area contributed by atoms with Gasteiger partial charge in [-0.2, -0.15) is 0 Å². The first kappa shape index (κ1) is 20.8. The second kappa shape index (κ2) is 9.17. The van der Waals surface area contributed by atoms with Gasteiger partial charge in [0, 0.05) is 35.2 Å². The monoisotopic (exact) mass is 437 g/mol. The molecule has 0 aliphatic carbocycles. The molecule has 3 aromatic heterocycles. The smallest absolute Gasteiger partial charge is 0.118 e. The lowest BCUT2D eigenvalue weighted by Crippen LogP contribution is -2.07. The molecule has 2 atom stereocenters. The first-order valence-corrected chi connectivity index (χ1v) is 11.0. The van der Waals surface area contributed by atoms with E-state index in [9.17, 15) is 0 Å². The summed E-state index contributed by atoms with van der Waals surface area (Å²) in [5.74, 6) is 1.81. The highest BCUT2D eigenvalue weighted by molar-refractivity contribution is 5.45. The highest BCUT2D eigenvalue weighted by Crippen LogP contribution is 2.36. The highest BCUT2D eigenvalue weighted by Gasteiger charge is 2.24. The number of H-pyrrole nitrogens is 3. The molecule has 0 radical (unpaired) electrons. The fourth-order valence-electron chi connectivity index (χ4n) is 4.46. The minimum Gasteiger partial charge on any atom is -0.497 e. The van der Waals surface area contributed by atoms with Crippen molar-refractivity contribution in [3.63, 3.8) is 0 Å². The molecule has 5 nitrogen and oxygen atoms in total. The second-order valence-corrected chi connectivity index (χ2v) is 8.03. The zero-order chi connectivity index (χ0) is 22.6. The van der Waals surface area contributed by atoms with Crippen LogP contribution in [0.1, 0.15) is 45.7 Å². The zero-order valence-electron chi connectivity index (χ0n) is 18.7. The van der Waals surface area contributed by atoms with Gasteiger partial charge in [0.1, 0.15) is 11.5 Å². The van der Waals surface area contributed by atoms with Gasteiger partial charge in [-0.25, -0.2) is 0 Å². The number of hydrogen-bond donors (Lipinski definition) is 3. The fraction of sp³-hybridized carbons (Fsp3) is 0.143. The molecule has 2 aromatic carbocycles. The lowest BCUT2D eigenvalue weighted by Gasteiger charge is -2.18. The average molecular weight is 438 g/mol. The standard InChI is InChI=1S/C28H27N3O2/c1-32-21-11-7-19(8-12-21)27(23-5-3-17-29-23)25-15-16-26(31-25)28(24-6-4-18-30-24)20-9-13-22(33-2)14-10-20/h3-18,27-31H,1-2H3. The number of hydrogen-bond acceptors (Lipinski definition) is 2. The van der Waals surface area contributed by atoms with Crippen LogP contribution in [0.5, 0.6) is 11.5 Å². The first-order chi connectivity index (χ1) is 16.3. The van der Waals surface area contributed by atoms with E-state index in [2.05, 4.69) is 63.5 Å². The van der Waals surface area contributed by atoms with Crippen molar-refractivity contribution in [2.24, 2.45) is 0 Å². The molecule has 5 aromatic rings. The molecule has 0 saturated heterocycles. The van der Waals surface area contributed by atoms with Gasteiger partial charge in [-0.3, -0.25) is 0 Å². The summed E-state index contributed by atoms with van der Waals surface area (Å²) in [7, 11) is 3.38. The average Bonchev–Trinajstić information content (AvgIpc) is 3.65. The van der Waals surface area contributed by atoms with Gasteiger partial charge in [0.05, 0.1) is 26.1 Å². The SMILES string of the molecule is COc1ccc(C(c2ccc[nH]2)c2ccc(C(c3ccc(OC)cc3)c3ccc[nH]3)[nH]2)cc1. The molecule has 2 unspecified atom stereocenters. The molecule has 0 aliphatic rings. The van der Waals surface area contributed by atoms with Crippen LogP contribution in [-0.4, -0.2) is 29.2 Å². The molecule has 0 spiro atoms. The summed E-state index contributed by atoms with van der Waals surface area (Å²) in [6, 6.07) is 29.2. The Hall–Kier alpha value is -4.12. The Morgan fingerprint density at radius 3 is 1.27 bits per heavy atom. The Morgan fingerprint density at radius 2 is 0.939 bits per heavy atom. The third-order valence-electron chi connectivity index (χ3n) is 6.12. The van der Waals surface area contributed by atoms with Crippen molar-refractivity contribution in [3.05, 3.63) is 131 Å². The minimum atomic E-state index is 0.0554. The molecule has 5 heteroatoms. The number of ether oxygens (including phenoxy) is 2. The van der Waals surface area contributed by atoms with E-state index >= 15 is 0 Å². The molecule has 33 heavy (non-hydrogen) atoms. The van der Waals surface area contributed by atoms with Gasteiger partial charge in [-0.05, 0) is 71.8 Å². The van der Waals surface area contributed by atoms with Crippen LogP contribution in [-0.2, 0) is 0 Å². The van der Waals surface area contributed by atoms with E-state index in [0.29, 0.717) is 0 Å². The first-order valence-electron chi connectivity index (χ1n) is 11.0. The second-order valence-electron chi connectivity index (χ2n) is 8.03. The third-order valence-corrected chi connectivity index (χ3v) is 6.12. The van der Waals surface area contributed by atoms with E-state index < -0.39 is 0 Å². The van der Waals surface area contributed by atoms with Crippen LogP contribution in [0.2, 0.25) is 0 Å². The van der Waals surface area contributed by atoms with E-state index in [1.54, 1.807) is 14.2 Å². The van der Waals surface area contributed by atoms with E-state index in [1.807, 2.05) is 48.8 Å². The molecule has 166 valence electrons. The van der Waals surface area contributed by atoms with Crippen molar-refractivity contribution in [1.82, 2.24) is 15.0 Å². The largest absolute Gasteiger partial charge is 0.497 e. The topological polar surface area (TPSA) is 65.8 Å². The van der Waals surface area contributed by atoms with Gasteiger partial charge in [0.2, 0.25) is 0 Å². The molecule has 0 saturated carbocycles. The van der Waals surface area contributed by atoms with Gasteiger partial charge < -0.3 is 24.4 Å². The number of methoxy groups -OCH3 is 2. The maximum absolute atomic E-state index is 5.36. The van der Waals surface area contributed by atoms with Crippen LogP contribution >= 0.6 is 0 Å². The predicted molar refractivity (Wildman–Crippen MR) is 130 cm³/mol. The maximum Gasteiger partial charge on any atom is 0.118 e. The summed E-state index contributed by atoms with van der Waals surface area (Å²) in [6.07, 6.45) is 3.93. The minimum absolute atomic E-state index is 0.0554. The number of rotatable bonds is 8. The van der Waals surface area contributed by atoms with Crippen LogP contribution in [0.3, 0.4) is 0 Å². The van der Waals surface area contributed by atoms with E-state index in [0.717, 1.165) is 34.3 Å². The third kappa shape index (κ3) is 4.17. The van der Waals surface area contributed by atoms with E-state index in [1.165, 1.54) is 11.1 Å². The summed E-state index contributed by atoms with van der Waals surface area (Å²) >= 11 is 0. The van der Waals surface area contributed by atoms with E-state index in [-0.39, 0.29) is 11.8 Å². The Bertz CT molecular complexity index is 1170. The van der Waals surface area contributed by atoms with Crippen molar-refractivity contribution in [2.75, 3.05) is 14.2 Å². The quantitative estimate of drug-likeness (QED) is 0.277. The number of nitrogens with one attached hydrogen (secondary N) is 3. The number of benzene rings is 2. The van der Waals surface area contributed by atoms with Gasteiger partial charge >= 0.3 is 0 Å². The van der Waals surface area contributed by atoms with Crippen molar-refractivity contribution < 1.29 is 9.47 Å². The Labute approximate surface area is 193 Å². The molecule has 0 bridgehead atoms. The molecule has 3 heterocycles. The Balaban J connectivity index is 1.56. The summed E-state index contributed by atoms with van der Waals surface area (Å²) in [6.45, 7) is 0. The van der Waals surface area contributed by atoms with Gasteiger partial charge in [-0.15, -0.1) is 0 Å². The maximum atomic E-state index is 5.36. The fourth-order valence-corrected chi connectivity index (χ4v) is 4.46. The van der Waals surface area contributed by atoms with Crippen LogP contribution in [0, 0.1) is 0 Å². The van der Waals surface area contributed by atoms with Crippen LogP contribution in [0.15, 0.2) is 97.3 Å². The molecule has 0 aliphatic heterocycles. The summed E-state index contributed by atoms with van der Waals surface area (Å²) in [5, 5.41) is 0. The predicted octanol–water partition coefficient (Wildman–Crippen LogP) is 6.05. The molecule has 3 N–H and O–H groups in total. The van der Waals surface area contributed by atoms with Crippen LogP contribution in [0.25, 0.3) is 0 Å². The Kier molecular flexibility index (Phi) is 5.77. The lowest BCUT2D eigenvalue weighted by atomic mass is 9.92. The van der Waals surface area contributed by atoms with E-state index in [4.69, 9.17) is 9.47 Å². The van der Waals surface area contributed by atoms with Crippen molar-refractivity contribution in [1.29, 1.82) is 0 Å². The van der Waals surface area contributed by atoms with Gasteiger partial charge in [-0.1, -0.05) is 24.3 Å². The summed E-state index contributed by atoms with van der Waals surface area (Å²) in [5.41, 5.74) is 6.90. The molecule has 0 amide bonds.